The Morgan fingerprint density at radius 2 is 2.06 bits per heavy atom. The molecule has 0 spiro atoms. The second kappa shape index (κ2) is 8.01. The Hall–Kier alpha value is -0.160. The molecular formula is C12H26N2O2. The summed E-state index contributed by atoms with van der Waals surface area (Å²) in [5, 5.41) is 0. The monoisotopic (exact) mass is 230 g/mol. The van der Waals surface area contributed by atoms with Crippen LogP contribution in [0.4, 0.5) is 0 Å². The van der Waals surface area contributed by atoms with Gasteiger partial charge < -0.3 is 20.1 Å². The van der Waals surface area contributed by atoms with Gasteiger partial charge in [0.2, 0.25) is 0 Å². The van der Waals surface area contributed by atoms with Gasteiger partial charge in [-0.1, -0.05) is 0 Å². The fraction of sp³-hybridized carbons (Fsp3) is 1.00. The zero-order chi connectivity index (χ0) is 11.8. The number of likely N-dealkylation sites (tertiary alicyclic amines) is 1. The van der Waals surface area contributed by atoms with E-state index < -0.39 is 0 Å². The molecule has 0 bridgehead atoms. The van der Waals surface area contributed by atoms with Gasteiger partial charge in [0, 0.05) is 46.0 Å². The van der Waals surface area contributed by atoms with Crippen LogP contribution >= 0.6 is 0 Å². The Balaban J connectivity index is 2.11. The summed E-state index contributed by atoms with van der Waals surface area (Å²) in [5.74, 6) is 0. The van der Waals surface area contributed by atoms with Gasteiger partial charge in [0.1, 0.15) is 0 Å². The molecule has 1 aliphatic rings. The molecule has 0 amide bonds. The Morgan fingerprint density at radius 1 is 1.38 bits per heavy atom. The maximum Gasteiger partial charge on any atom is 0.0599 e. The van der Waals surface area contributed by atoms with E-state index in [1.54, 1.807) is 7.11 Å². The van der Waals surface area contributed by atoms with Crippen LogP contribution in [0, 0.1) is 0 Å². The van der Waals surface area contributed by atoms with Crippen LogP contribution in [0.5, 0.6) is 0 Å². The largest absolute Gasteiger partial charge is 0.385 e. The van der Waals surface area contributed by atoms with Crippen LogP contribution in [0.25, 0.3) is 0 Å². The molecule has 0 aromatic carbocycles. The highest BCUT2D eigenvalue weighted by atomic mass is 16.5. The van der Waals surface area contributed by atoms with Crippen molar-refractivity contribution in [3.63, 3.8) is 0 Å². The van der Waals surface area contributed by atoms with Crippen LogP contribution in [0.1, 0.15) is 26.2 Å². The van der Waals surface area contributed by atoms with Crippen LogP contribution in [0.2, 0.25) is 0 Å². The lowest BCUT2D eigenvalue weighted by molar-refractivity contribution is 0.0125. The second-order valence-electron chi connectivity index (χ2n) is 4.50. The van der Waals surface area contributed by atoms with E-state index in [1.165, 1.54) is 0 Å². The number of hydrogen-bond acceptors (Lipinski definition) is 4. The van der Waals surface area contributed by atoms with Gasteiger partial charge in [0.05, 0.1) is 6.10 Å². The van der Waals surface area contributed by atoms with E-state index in [0.29, 0.717) is 6.10 Å². The topological polar surface area (TPSA) is 47.7 Å². The first-order chi connectivity index (χ1) is 7.76. The summed E-state index contributed by atoms with van der Waals surface area (Å²) < 4.78 is 10.7. The first-order valence-corrected chi connectivity index (χ1v) is 6.34. The lowest BCUT2D eigenvalue weighted by Gasteiger charge is -2.33. The fourth-order valence-electron chi connectivity index (χ4n) is 2.19. The van der Waals surface area contributed by atoms with Gasteiger partial charge in [-0.3, -0.25) is 0 Å². The number of rotatable bonds is 7. The number of ether oxygens (including phenoxy) is 2. The van der Waals surface area contributed by atoms with Gasteiger partial charge in [-0.05, 0) is 26.2 Å². The van der Waals surface area contributed by atoms with Crippen LogP contribution in [0.15, 0.2) is 0 Å². The lowest BCUT2D eigenvalue weighted by atomic mass is 10.1. The standard InChI is InChI=1S/C12H26N2O2/c1-3-16-12-4-7-14(8-5-12)10-11(13)6-9-15-2/h11-12H,3-10,13H2,1-2H3. The fourth-order valence-corrected chi connectivity index (χ4v) is 2.19. The third-order valence-electron chi connectivity index (χ3n) is 3.12. The zero-order valence-corrected chi connectivity index (χ0v) is 10.7. The number of nitrogens with two attached hydrogens (primary N) is 1. The Morgan fingerprint density at radius 3 is 2.62 bits per heavy atom. The number of hydrogen-bond donors (Lipinski definition) is 1. The molecule has 16 heavy (non-hydrogen) atoms. The van der Waals surface area contributed by atoms with Crippen molar-refractivity contribution < 1.29 is 9.47 Å². The Kier molecular flexibility index (Phi) is 6.96. The van der Waals surface area contributed by atoms with E-state index in [9.17, 15) is 0 Å². The summed E-state index contributed by atoms with van der Waals surface area (Å²) in [5.41, 5.74) is 6.03. The lowest BCUT2D eigenvalue weighted by Crippen LogP contribution is -2.43. The van der Waals surface area contributed by atoms with Gasteiger partial charge in [0.15, 0.2) is 0 Å². The number of nitrogens with zero attached hydrogens (tertiary/aromatic N) is 1. The van der Waals surface area contributed by atoms with Crippen LogP contribution in [0.3, 0.4) is 0 Å². The molecule has 1 atom stereocenters. The highest BCUT2D eigenvalue weighted by Crippen LogP contribution is 2.13. The summed E-state index contributed by atoms with van der Waals surface area (Å²) in [6.45, 7) is 6.88. The van der Waals surface area contributed by atoms with Gasteiger partial charge in [-0.2, -0.15) is 0 Å². The van der Waals surface area contributed by atoms with E-state index >= 15 is 0 Å². The summed E-state index contributed by atoms with van der Waals surface area (Å²) >= 11 is 0. The highest BCUT2D eigenvalue weighted by Gasteiger charge is 2.20. The van der Waals surface area contributed by atoms with Gasteiger partial charge in [-0.25, -0.2) is 0 Å². The van der Waals surface area contributed by atoms with E-state index in [-0.39, 0.29) is 6.04 Å². The van der Waals surface area contributed by atoms with Crippen LogP contribution < -0.4 is 5.73 Å². The third kappa shape index (κ3) is 5.25. The molecule has 2 N–H and O–H groups in total. The van der Waals surface area contributed by atoms with Gasteiger partial charge >= 0.3 is 0 Å². The molecule has 1 heterocycles. The maximum absolute atomic E-state index is 6.03. The van der Waals surface area contributed by atoms with Crippen molar-refractivity contribution in [2.24, 2.45) is 5.73 Å². The predicted molar refractivity (Wildman–Crippen MR) is 65.6 cm³/mol. The molecular weight excluding hydrogens is 204 g/mol. The summed E-state index contributed by atoms with van der Waals surface area (Å²) in [7, 11) is 1.72. The molecule has 1 unspecified atom stereocenters. The maximum atomic E-state index is 6.03. The molecule has 1 aliphatic heterocycles. The molecule has 0 saturated carbocycles. The molecule has 0 radical (unpaired) electrons. The van der Waals surface area contributed by atoms with E-state index in [4.69, 9.17) is 15.2 Å². The van der Waals surface area contributed by atoms with Crippen molar-refractivity contribution in [3.05, 3.63) is 0 Å². The minimum atomic E-state index is 0.239. The predicted octanol–water partition coefficient (Wildman–Crippen LogP) is 0.851. The molecule has 0 aliphatic carbocycles. The smallest absolute Gasteiger partial charge is 0.0599 e. The van der Waals surface area contributed by atoms with E-state index in [1.807, 2.05) is 0 Å². The molecule has 4 nitrogen and oxygen atoms in total. The van der Waals surface area contributed by atoms with Crippen LogP contribution in [-0.4, -0.2) is 57.0 Å². The highest BCUT2D eigenvalue weighted by molar-refractivity contribution is 4.76. The molecule has 1 fully saturated rings. The van der Waals surface area contributed by atoms with Gasteiger partial charge in [-0.15, -0.1) is 0 Å². The summed E-state index contributed by atoms with van der Waals surface area (Å²) in [4.78, 5) is 2.44. The van der Waals surface area contributed by atoms with Gasteiger partial charge in [0.25, 0.3) is 0 Å². The average molecular weight is 230 g/mol. The first kappa shape index (κ1) is 13.9. The minimum Gasteiger partial charge on any atom is -0.385 e. The molecule has 1 saturated heterocycles. The quantitative estimate of drug-likeness (QED) is 0.704. The Labute approximate surface area is 99.1 Å². The summed E-state index contributed by atoms with van der Waals surface area (Å²) in [6, 6.07) is 0.239. The number of piperidine rings is 1. The van der Waals surface area contributed by atoms with Crippen molar-refractivity contribution in [1.29, 1.82) is 0 Å². The van der Waals surface area contributed by atoms with E-state index in [0.717, 1.165) is 52.1 Å². The van der Waals surface area contributed by atoms with Crippen molar-refractivity contribution >= 4 is 0 Å². The first-order valence-electron chi connectivity index (χ1n) is 6.34. The second-order valence-corrected chi connectivity index (χ2v) is 4.50. The summed E-state index contributed by atoms with van der Waals surface area (Å²) in [6.07, 6.45) is 3.70. The SMILES string of the molecule is CCOC1CCN(CC(N)CCOC)CC1. The molecule has 4 heteroatoms. The molecule has 1 rings (SSSR count). The van der Waals surface area contributed by atoms with Crippen molar-refractivity contribution in [1.82, 2.24) is 4.90 Å². The van der Waals surface area contributed by atoms with Crippen molar-refractivity contribution in [3.8, 4) is 0 Å². The van der Waals surface area contributed by atoms with Crippen molar-refractivity contribution in [2.75, 3.05) is 40.0 Å². The minimum absolute atomic E-state index is 0.239. The van der Waals surface area contributed by atoms with E-state index in [2.05, 4.69) is 11.8 Å². The van der Waals surface area contributed by atoms with Crippen LogP contribution in [-0.2, 0) is 9.47 Å². The zero-order valence-electron chi connectivity index (χ0n) is 10.7. The molecule has 0 aromatic rings. The Bertz CT molecular complexity index is 170. The normalized spacial score (nSPS) is 21.2. The third-order valence-corrected chi connectivity index (χ3v) is 3.12. The number of methoxy groups -OCH3 is 1. The van der Waals surface area contributed by atoms with Crippen molar-refractivity contribution in [2.45, 2.75) is 38.3 Å². The molecule has 0 aromatic heterocycles. The average Bonchev–Trinajstić information content (AvgIpc) is 2.29. The molecule has 96 valence electrons.